The van der Waals surface area contributed by atoms with Gasteiger partial charge in [0, 0.05) is 31.3 Å². The molecule has 1 aromatic rings. The predicted octanol–water partition coefficient (Wildman–Crippen LogP) is 2.53. The molecule has 1 aromatic heterocycles. The van der Waals surface area contributed by atoms with Gasteiger partial charge in [0.1, 0.15) is 11.8 Å². The van der Waals surface area contributed by atoms with Crippen molar-refractivity contribution < 1.29 is 14.4 Å². The summed E-state index contributed by atoms with van der Waals surface area (Å²) in [6.07, 6.45) is 10.5. The number of carbonyl (C=O) groups is 3. The number of anilines is 1. The molecule has 8 heteroatoms. The highest BCUT2D eigenvalue weighted by Gasteiger charge is 2.35. The van der Waals surface area contributed by atoms with Gasteiger partial charge in [-0.25, -0.2) is 0 Å². The van der Waals surface area contributed by atoms with Gasteiger partial charge in [-0.05, 0) is 44.6 Å². The molecule has 2 heterocycles. The van der Waals surface area contributed by atoms with Crippen molar-refractivity contribution in [1.29, 1.82) is 5.41 Å². The Morgan fingerprint density at radius 2 is 1.94 bits per heavy atom. The van der Waals surface area contributed by atoms with Gasteiger partial charge in [0.2, 0.25) is 11.8 Å². The van der Waals surface area contributed by atoms with Crippen LogP contribution in [-0.2, 0) is 14.4 Å². The van der Waals surface area contributed by atoms with Gasteiger partial charge in [-0.3, -0.25) is 24.8 Å². The van der Waals surface area contributed by atoms with Gasteiger partial charge in [0.15, 0.2) is 5.78 Å². The number of hydrogen-bond donors (Lipinski definition) is 3. The maximum Gasteiger partial charge on any atom is 0.243 e. The Morgan fingerprint density at radius 3 is 2.65 bits per heavy atom. The Bertz CT molecular complexity index is 834. The fourth-order valence-corrected chi connectivity index (χ4v) is 4.63. The van der Waals surface area contributed by atoms with E-state index in [4.69, 9.17) is 5.41 Å². The first-order valence-electron chi connectivity index (χ1n) is 11.3. The number of aromatic nitrogens is 1. The van der Waals surface area contributed by atoms with Crippen LogP contribution >= 0.6 is 0 Å². The topological polar surface area (TPSA) is 115 Å². The van der Waals surface area contributed by atoms with Gasteiger partial charge in [-0.15, -0.1) is 0 Å². The number of rotatable bonds is 8. The third-order valence-corrected chi connectivity index (χ3v) is 6.48. The molecule has 0 aromatic carbocycles. The van der Waals surface area contributed by atoms with Gasteiger partial charge in [-0.1, -0.05) is 19.3 Å². The molecule has 168 valence electrons. The number of carbonyl (C=O) groups excluding carboxylic acids is 3. The fourth-order valence-electron chi connectivity index (χ4n) is 4.63. The van der Waals surface area contributed by atoms with Crippen LogP contribution in [0.3, 0.4) is 0 Å². The fraction of sp³-hybridized carbons (Fsp3) is 0.609. The molecule has 2 fully saturated rings. The van der Waals surface area contributed by atoms with Crippen molar-refractivity contribution in [3.63, 3.8) is 0 Å². The quantitative estimate of drug-likeness (QED) is 0.552. The maximum absolute atomic E-state index is 12.9. The van der Waals surface area contributed by atoms with Crippen LogP contribution in [-0.4, -0.2) is 58.4 Å². The Balaban J connectivity index is 1.58. The van der Waals surface area contributed by atoms with Crippen LogP contribution in [0, 0.1) is 11.3 Å². The van der Waals surface area contributed by atoms with Crippen molar-refractivity contribution in [2.24, 2.45) is 5.92 Å². The minimum absolute atomic E-state index is 0.0220. The molecule has 3 rings (SSSR count). The number of likely N-dealkylation sites (tertiary alicyclic amines) is 1. The molecule has 2 aliphatic rings. The zero-order valence-corrected chi connectivity index (χ0v) is 18.4. The normalized spacial score (nSPS) is 20.2. The van der Waals surface area contributed by atoms with Crippen LogP contribution in [0.5, 0.6) is 0 Å². The van der Waals surface area contributed by atoms with Crippen LogP contribution in [0.15, 0.2) is 18.5 Å². The molecule has 8 nitrogen and oxygen atoms in total. The Kier molecular flexibility index (Phi) is 7.76. The van der Waals surface area contributed by atoms with E-state index in [1.807, 2.05) is 0 Å². The molecule has 0 unspecified atom stereocenters. The van der Waals surface area contributed by atoms with Gasteiger partial charge < -0.3 is 15.5 Å². The summed E-state index contributed by atoms with van der Waals surface area (Å²) in [5.74, 6) is -0.0778. The first-order chi connectivity index (χ1) is 14.9. The van der Waals surface area contributed by atoms with Crippen molar-refractivity contribution in [2.75, 3.05) is 18.4 Å². The summed E-state index contributed by atoms with van der Waals surface area (Å²) < 4.78 is 0. The summed E-state index contributed by atoms with van der Waals surface area (Å²) >= 11 is 0. The highest BCUT2D eigenvalue weighted by Crippen LogP contribution is 2.27. The highest BCUT2D eigenvalue weighted by molar-refractivity contribution is 6.45. The van der Waals surface area contributed by atoms with Crippen LogP contribution in [0.1, 0.15) is 64.4 Å². The van der Waals surface area contributed by atoms with Gasteiger partial charge in [-0.2, -0.15) is 0 Å². The smallest absolute Gasteiger partial charge is 0.243 e. The summed E-state index contributed by atoms with van der Waals surface area (Å²) in [5.41, 5.74) is 0.738. The average Bonchev–Trinajstić information content (AvgIpc) is 3.28. The molecule has 1 aliphatic heterocycles. The van der Waals surface area contributed by atoms with E-state index in [-0.39, 0.29) is 35.9 Å². The number of nitrogens with zero attached hydrogens (tertiary/aromatic N) is 2. The van der Waals surface area contributed by atoms with Gasteiger partial charge in [0.25, 0.3) is 0 Å². The predicted molar refractivity (Wildman–Crippen MR) is 119 cm³/mol. The lowest BCUT2D eigenvalue weighted by Crippen LogP contribution is -2.51. The van der Waals surface area contributed by atoms with Gasteiger partial charge in [0.05, 0.1) is 18.4 Å². The van der Waals surface area contributed by atoms with E-state index in [0.717, 1.165) is 19.3 Å². The number of hydrogen-bond acceptors (Lipinski definition) is 6. The molecule has 2 atom stereocenters. The van der Waals surface area contributed by atoms with Crippen LogP contribution in [0.25, 0.3) is 0 Å². The van der Waals surface area contributed by atoms with Crippen LogP contribution < -0.4 is 10.6 Å². The first-order valence-corrected chi connectivity index (χ1v) is 11.3. The third-order valence-electron chi connectivity index (χ3n) is 6.48. The maximum atomic E-state index is 12.9. The second kappa shape index (κ2) is 10.5. The Morgan fingerprint density at radius 1 is 1.19 bits per heavy atom. The van der Waals surface area contributed by atoms with Crippen LogP contribution in [0.2, 0.25) is 0 Å². The van der Waals surface area contributed by atoms with Crippen molar-refractivity contribution in [3.05, 3.63) is 24.0 Å². The molecule has 1 aliphatic carbocycles. The van der Waals surface area contributed by atoms with Crippen molar-refractivity contribution in [1.82, 2.24) is 15.2 Å². The minimum Gasteiger partial charge on any atom is -0.374 e. The standard InChI is InChI=1S/C23H33N5O3/c1-15(17-7-4-3-5-8-17)27-23(31)20-9-6-12-28(20)21(30)14-26-19-13-25-11-10-18(19)22(24)16(2)29/h10-11,13,15,17,20,24,26H,3-9,12,14H2,1-2H3,(H,27,31)/t15-,20+/m1/s1. The zero-order valence-electron chi connectivity index (χ0n) is 18.4. The lowest BCUT2D eigenvalue weighted by Gasteiger charge is -2.31. The summed E-state index contributed by atoms with van der Waals surface area (Å²) in [6.45, 7) is 3.94. The van der Waals surface area contributed by atoms with E-state index in [2.05, 4.69) is 22.5 Å². The van der Waals surface area contributed by atoms with E-state index in [9.17, 15) is 14.4 Å². The van der Waals surface area contributed by atoms with Gasteiger partial charge >= 0.3 is 0 Å². The lowest BCUT2D eigenvalue weighted by molar-refractivity contribution is -0.137. The monoisotopic (exact) mass is 427 g/mol. The minimum atomic E-state index is -0.441. The van der Waals surface area contributed by atoms with Crippen molar-refractivity contribution in [3.8, 4) is 0 Å². The highest BCUT2D eigenvalue weighted by atomic mass is 16.2. The molecule has 2 amide bonds. The number of Topliss-reactive ketones (excluding diaryl/α,β-unsaturated/α-hetero) is 1. The second-order valence-corrected chi connectivity index (χ2v) is 8.65. The molecular weight excluding hydrogens is 394 g/mol. The van der Waals surface area contributed by atoms with E-state index < -0.39 is 6.04 Å². The van der Waals surface area contributed by atoms with Crippen molar-refractivity contribution >= 4 is 29.0 Å². The zero-order chi connectivity index (χ0) is 22.4. The lowest BCUT2D eigenvalue weighted by atomic mass is 9.84. The van der Waals surface area contributed by atoms with E-state index in [1.165, 1.54) is 38.6 Å². The van der Waals surface area contributed by atoms with E-state index in [0.29, 0.717) is 30.1 Å². The Labute approximate surface area is 183 Å². The summed E-state index contributed by atoms with van der Waals surface area (Å²) in [6, 6.07) is 1.26. The van der Waals surface area contributed by atoms with Crippen LogP contribution in [0.4, 0.5) is 5.69 Å². The summed E-state index contributed by atoms with van der Waals surface area (Å²) in [4.78, 5) is 43.0. The molecular formula is C23H33N5O3. The number of amides is 2. The molecule has 0 radical (unpaired) electrons. The molecule has 1 saturated carbocycles. The van der Waals surface area contributed by atoms with E-state index >= 15 is 0 Å². The number of ketones is 1. The van der Waals surface area contributed by atoms with Crippen molar-refractivity contribution in [2.45, 2.75) is 70.9 Å². The molecule has 1 saturated heterocycles. The van der Waals surface area contributed by atoms with E-state index in [1.54, 1.807) is 11.0 Å². The Hall–Kier alpha value is -2.77. The molecule has 0 spiro atoms. The summed E-state index contributed by atoms with van der Waals surface area (Å²) in [5, 5.41) is 14.1. The molecule has 0 bridgehead atoms. The SMILES string of the molecule is CC(=O)C(=N)c1ccncc1NCC(=O)N1CCC[C@H]1C(=O)N[C@H](C)C1CCCCC1. The first kappa shape index (κ1) is 22.9. The molecule has 31 heavy (non-hydrogen) atoms. The number of pyridine rings is 1. The largest absolute Gasteiger partial charge is 0.374 e. The molecule has 3 N–H and O–H groups in total. The number of nitrogens with one attached hydrogen (secondary N) is 3. The second-order valence-electron chi connectivity index (χ2n) is 8.65. The third kappa shape index (κ3) is 5.68. The summed E-state index contributed by atoms with van der Waals surface area (Å²) in [7, 11) is 0. The average molecular weight is 428 g/mol.